The first kappa shape index (κ1) is 43.1. The summed E-state index contributed by atoms with van der Waals surface area (Å²) in [5.74, 6) is -2.74. The summed E-state index contributed by atoms with van der Waals surface area (Å²) >= 11 is 11.8. The Morgan fingerprint density at radius 3 is 1.76 bits per heavy atom. The molecular formula is C33H35Cl2F8N3O3. The van der Waals surface area contributed by atoms with Crippen LogP contribution >= 0.6 is 23.2 Å². The van der Waals surface area contributed by atoms with Crippen LogP contribution < -0.4 is 16.0 Å². The standard InChI is InChI=1S/C28H23Cl2F6N3O3.C3H6F2.C2H6/c1-14-4-6-16(11-18(14)23(40)39-17-7-9-22(30)20(12-17)27(31,32)33)38-24(41)19-10-15(5-8-21(19)29)13-37-25(42)26(2,3)28(34,35)36;1-2-3(4)5;1-2/h4-12H,13H2,1-3H3,(H,37,42)(H,38,41)(H,39,40);3H,2H2,1H3;1-2H3. The molecule has 0 aliphatic carbocycles. The van der Waals surface area contributed by atoms with Crippen molar-refractivity contribution in [3.63, 3.8) is 0 Å². The number of benzene rings is 3. The number of alkyl halides is 8. The van der Waals surface area contributed by atoms with Crippen LogP contribution in [0.4, 0.5) is 46.5 Å². The topological polar surface area (TPSA) is 87.3 Å². The molecule has 0 bridgehead atoms. The molecule has 3 aromatic rings. The van der Waals surface area contributed by atoms with E-state index < -0.39 is 52.5 Å². The van der Waals surface area contributed by atoms with Gasteiger partial charge in [-0.25, -0.2) is 8.78 Å². The van der Waals surface area contributed by atoms with E-state index in [9.17, 15) is 49.5 Å². The minimum Gasteiger partial charge on any atom is -0.351 e. The molecule has 0 saturated heterocycles. The van der Waals surface area contributed by atoms with Crippen LogP contribution in [-0.4, -0.2) is 30.3 Å². The smallest absolute Gasteiger partial charge is 0.351 e. The van der Waals surface area contributed by atoms with Crippen LogP contribution in [0.2, 0.25) is 10.0 Å². The molecular weight excluding hydrogens is 709 g/mol. The third-order valence-corrected chi connectivity index (χ3v) is 7.24. The van der Waals surface area contributed by atoms with Gasteiger partial charge in [-0.1, -0.05) is 56.1 Å². The van der Waals surface area contributed by atoms with E-state index in [0.29, 0.717) is 17.2 Å². The zero-order valence-electron chi connectivity index (χ0n) is 27.2. The third kappa shape index (κ3) is 12.5. The van der Waals surface area contributed by atoms with Gasteiger partial charge in [0.25, 0.3) is 11.8 Å². The van der Waals surface area contributed by atoms with Crippen molar-refractivity contribution in [2.24, 2.45) is 5.41 Å². The van der Waals surface area contributed by atoms with Crippen LogP contribution in [0.1, 0.15) is 78.4 Å². The van der Waals surface area contributed by atoms with Gasteiger partial charge < -0.3 is 16.0 Å². The number of rotatable bonds is 8. The second kappa shape index (κ2) is 18.2. The highest BCUT2D eigenvalue weighted by Gasteiger charge is 2.52. The highest BCUT2D eigenvalue weighted by molar-refractivity contribution is 6.34. The summed E-state index contributed by atoms with van der Waals surface area (Å²) < 4.78 is 100. The maximum absolute atomic E-state index is 13.2. The summed E-state index contributed by atoms with van der Waals surface area (Å²) in [5.41, 5.74) is -3.04. The van der Waals surface area contributed by atoms with Crippen LogP contribution in [-0.2, 0) is 17.5 Å². The van der Waals surface area contributed by atoms with Crippen LogP contribution in [0.25, 0.3) is 0 Å². The number of hydrogen-bond donors (Lipinski definition) is 3. The molecule has 3 aromatic carbocycles. The minimum atomic E-state index is -4.77. The van der Waals surface area contributed by atoms with Gasteiger partial charge in [-0.3, -0.25) is 14.4 Å². The van der Waals surface area contributed by atoms with E-state index in [-0.39, 0.29) is 40.5 Å². The van der Waals surface area contributed by atoms with Crippen molar-refractivity contribution >= 4 is 52.3 Å². The van der Waals surface area contributed by atoms with Crippen LogP contribution in [0.15, 0.2) is 54.6 Å². The lowest BCUT2D eigenvalue weighted by molar-refractivity contribution is -0.211. The van der Waals surface area contributed by atoms with Crippen LogP contribution in [0.5, 0.6) is 0 Å². The van der Waals surface area contributed by atoms with E-state index >= 15 is 0 Å². The van der Waals surface area contributed by atoms with E-state index in [1.54, 1.807) is 6.92 Å². The number of aryl methyl sites for hydroxylation is 1. The van der Waals surface area contributed by atoms with E-state index in [1.165, 1.54) is 49.4 Å². The number of amides is 3. The summed E-state index contributed by atoms with van der Waals surface area (Å²) in [7, 11) is 0. The molecule has 0 unspecified atom stereocenters. The van der Waals surface area contributed by atoms with Crippen molar-refractivity contribution in [1.29, 1.82) is 0 Å². The Labute approximate surface area is 288 Å². The van der Waals surface area contributed by atoms with Gasteiger partial charge in [0.2, 0.25) is 12.3 Å². The zero-order valence-corrected chi connectivity index (χ0v) is 28.7. The monoisotopic (exact) mass is 743 g/mol. The summed E-state index contributed by atoms with van der Waals surface area (Å²) in [6.07, 6.45) is -11.6. The summed E-state index contributed by atoms with van der Waals surface area (Å²) in [6, 6.07) is 11.2. The summed E-state index contributed by atoms with van der Waals surface area (Å²) in [4.78, 5) is 38.0. The van der Waals surface area contributed by atoms with Gasteiger partial charge in [-0.15, -0.1) is 0 Å². The molecule has 0 atom stereocenters. The van der Waals surface area contributed by atoms with Crippen LogP contribution in [0, 0.1) is 12.3 Å². The number of carbonyl (C=O) groups excluding carboxylic acids is 3. The second-order valence-electron chi connectivity index (χ2n) is 10.5. The first-order valence-corrected chi connectivity index (χ1v) is 15.4. The largest absolute Gasteiger partial charge is 0.417 e. The number of carbonyl (C=O) groups is 3. The maximum Gasteiger partial charge on any atom is 0.417 e. The Morgan fingerprint density at radius 2 is 1.24 bits per heavy atom. The highest BCUT2D eigenvalue weighted by Crippen LogP contribution is 2.38. The molecule has 0 heterocycles. The van der Waals surface area contributed by atoms with Crippen molar-refractivity contribution < 1.29 is 49.5 Å². The molecule has 0 saturated carbocycles. The average Bonchev–Trinajstić information content (AvgIpc) is 3.02. The van der Waals surface area contributed by atoms with Crippen LogP contribution in [0.3, 0.4) is 0 Å². The van der Waals surface area contributed by atoms with Crippen molar-refractivity contribution in [1.82, 2.24) is 5.32 Å². The molecule has 3 N–H and O–H groups in total. The lowest BCUT2D eigenvalue weighted by atomic mass is 9.91. The fraction of sp³-hybridized carbons (Fsp3) is 0.364. The third-order valence-electron chi connectivity index (χ3n) is 6.58. The number of halogens is 10. The van der Waals surface area contributed by atoms with E-state index in [2.05, 4.69) is 16.0 Å². The fourth-order valence-electron chi connectivity index (χ4n) is 3.55. The van der Waals surface area contributed by atoms with Crippen molar-refractivity contribution in [3.05, 3.63) is 92.5 Å². The van der Waals surface area contributed by atoms with E-state index in [4.69, 9.17) is 23.2 Å². The molecule has 16 heteroatoms. The van der Waals surface area contributed by atoms with Crippen molar-refractivity contribution in [2.45, 2.75) is 73.3 Å². The molecule has 3 amide bonds. The molecule has 0 aliphatic heterocycles. The fourth-order valence-corrected chi connectivity index (χ4v) is 3.98. The van der Waals surface area contributed by atoms with E-state index in [1.807, 2.05) is 13.8 Å². The first-order chi connectivity index (χ1) is 22.6. The lowest BCUT2D eigenvalue weighted by Crippen LogP contribution is -2.46. The second-order valence-corrected chi connectivity index (χ2v) is 11.4. The Morgan fingerprint density at radius 1 is 0.755 bits per heavy atom. The normalized spacial score (nSPS) is 11.4. The van der Waals surface area contributed by atoms with Crippen molar-refractivity contribution in [2.75, 3.05) is 10.6 Å². The van der Waals surface area contributed by atoms with Gasteiger partial charge in [0.15, 0.2) is 0 Å². The van der Waals surface area contributed by atoms with Gasteiger partial charge in [-0.05, 0) is 74.4 Å². The molecule has 0 aliphatic rings. The van der Waals surface area contributed by atoms with Gasteiger partial charge in [0.05, 0.1) is 21.2 Å². The summed E-state index contributed by atoms with van der Waals surface area (Å²) in [6.45, 7) is 8.21. The molecule has 49 heavy (non-hydrogen) atoms. The van der Waals surface area contributed by atoms with E-state index in [0.717, 1.165) is 19.9 Å². The Kier molecular flexibility index (Phi) is 16.0. The molecule has 3 rings (SSSR count). The zero-order chi connectivity index (χ0) is 37.9. The average molecular weight is 745 g/mol. The molecule has 0 radical (unpaired) electrons. The maximum atomic E-state index is 13.2. The van der Waals surface area contributed by atoms with Gasteiger partial charge in [-0.2, -0.15) is 26.3 Å². The molecule has 6 nitrogen and oxygen atoms in total. The number of nitrogens with one attached hydrogen (secondary N) is 3. The number of hydrogen-bond acceptors (Lipinski definition) is 3. The Balaban J connectivity index is 0.00000157. The van der Waals surface area contributed by atoms with Gasteiger partial charge in [0, 0.05) is 29.9 Å². The first-order valence-electron chi connectivity index (χ1n) is 14.6. The molecule has 0 spiro atoms. The SMILES string of the molecule is CC.CCC(F)F.Cc1ccc(NC(=O)c2cc(CNC(=O)C(C)(C)C(F)(F)F)ccc2Cl)cc1C(=O)Nc1ccc(Cl)c(C(F)(F)F)c1. The molecule has 0 fully saturated rings. The number of anilines is 2. The highest BCUT2D eigenvalue weighted by atomic mass is 35.5. The summed E-state index contributed by atoms with van der Waals surface area (Å²) in [5, 5.41) is 6.60. The molecule has 270 valence electrons. The quantitative estimate of drug-likeness (QED) is 0.201. The van der Waals surface area contributed by atoms with Gasteiger partial charge in [0.1, 0.15) is 5.41 Å². The molecule has 0 aromatic heterocycles. The van der Waals surface area contributed by atoms with Crippen molar-refractivity contribution in [3.8, 4) is 0 Å². The minimum absolute atomic E-state index is 0.00600. The predicted molar refractivity (Wildman–Crippen MR) is 174 cm³/mol. The Hall–Kier alpha value is -3.91. The predicted octanol–water partition coefficient (Wildman–Crippen LogP) is 10.7. The lowest BCUT2D eigenvalue weighted by Gasteiger charge is -2.26. The van der Waals surface area contributed by atoms with Gasteiger partial charge >= 0.3 is 12.4 Å². The Bertz CT molecular complexity index is 1610.